The van der Waals surface area contributed by atoms with Gasteiger partial charge in [-0.1, -0.05) is 11.3 Å². The molecule has 2 aromatic rings. The maximum Gasteiger partial charge on any atom is 0.185 e. The van der Waals surface area contributed by atoms with E-state index >= 15 is 0 Å². The van der Waals surface area contributed by atoms with Crippen molar-refractivity contribution < 1.29 is 9.59 Å². The average Bonchev–Trinajstić information content (AvgIpc) is 2.97. The van der Waals surface area contributed by atoms with E-state index in [-0.39, 0.29) is 0 Å². The van der Waals surface area contributed by atoms with Crippen molar-refractivity contribution in [1.82, 2.24) is 9.97 Å². The van der Waals surface area contributed by atoms with Crippen molar-refractivity contribution in [2.24, 2.45) is 0 Å². The highest BCUT2D eigenvalue weighted by Crippen LogP contribution is 2.18. The van der Waals surface area contributed by atoms with Gasteiger partial charge in [0.05, 0.1) is 16.0 Å². The van der Waals surface area contributed by atoms with Crippen LogP contribution in [-0.2, 0) is 0 Å². The maximum absolute atomic E-state index is 10.2. The second-order valence-electron chi connectivity index (χ2n) is 3.19. The lowest BCUT2D eigenvalue weighted by molar-refractivity contribution is 0.111. The van der Waals surface area contributed by atoms with Gasteiger partial charge in [0.25, 0.3) is 0 Å². The predicted molar refractivity (Wildman–Crippen MR) is 77.0 cm³/mol. The van der Waals surface area contributed by atoms with Gasteiger partial charge in [-0.2, -0.15) is 0 Å². The van der Waals surface area contributed by atoms with Gasteiger partial charge in [-0.3, -0.25) is 9.59 Å². The first-order valence-corrected chi connectivity index (χ1v) is 7.14. The molecule has 0 aliphatic carbocycles. The standard InChI is InChI=1S/C6H8N2OS.C4H2BrNOS/c1-8(2)6-7-3-5(4-9)10-6;5-4-6-1-3(2-7)8-4/h3-4H,1-2H3;1-2H. The summed E-state index contributed by atoms with van der Waals surface area (Å²) in [5, 5.41) is 0.863. The molecule has 0 N–H and O–H groups in total. The van der Waals surface area contributed by atoms with Crippen LogP contribution in [0.5, 0.6) is 0 Å². The summed E-state index contributed by atoms with van der Waals surface area (Å²) in [4.78, 5) is 31.1. The average molecular weight is 348 g/mol. The molecule has 2 heterocycles. The van der Waals surface area contributed by atoms with E-state index in [0.29, 0.717) is 9.75 Å². The largest absolute Gasteiger partial charge is 0.354 e. The van der Waals surface area contributed by atoms with Gasteiger partial charge in [0.1, 0.15) is 0 Å². The van der Waals surface area contributed by atoms with Gasteiger partial charge in [-0.15, -0.1) is 11.3 Å². The molecule has 0 amide bonds. The highest BCUT2D eigenvalue weighted by molar-refractivity contribution is 9.11. The Morgan fingerprint density at radius 3 is 1.94 bits per heavy atom. The fraction of sp³-hybridized carbons (Fsp3) is 0.200. The van der Waals surface area contributed by atoms with E-state index in [1.54, 1.807) is 6.20 Å². The molecule has 0 atom stereocenters. The van der Waals surface area contributed by atoms with Crippen LogP contribution >= 0.6 is 38.6 Å². The monoisotopic (exact) mass is 347 g/mol. The summed E-state index contributed by atoms with van der Waals surface area (Å²) in [5.41, 5.74) is 0. The highest BCUT2D eigenvalue weighted by atomic mass is 79.9. The number of hydrogen-bond donors (Lipinski definition) is 0. The molecule has 2 rings (SSSR count). The number of carbonyl (C=O) groups is 2. The lowest BCUT2D eigenvalue weighted by atomic mass is 10.6. The van der Waals surface area contributed by atoms with Gasteiger partial charge in [0, 0.05) is 20.3 Å². The van der Waals surface area contributed by atoms with E-state index in [9.17, 15) is 9.59 Å². The van der Waals surface area contributed by atoms with Crippen molar-refractivity contribution in [3.05, 3.63) is 26.1 Å². The number of carbonyl (C=O) groups excluding carboxylic acids is 2. The molecule has 0 aromatic carbocycles. The normalized spacial score (nSPS) is 9.28. The summed E-state index contributed by atoms with van der Waals surface area (Å²) in [6.07, 6.45) is 4.70. The minimum atomic E-state index is 0.650. The number of aromatic nitrogens is 2. The van der Waals surface area contributed by atoms with Gasteiger partial charge < -0.3 is 4.90 Å². The van der Waals surface area contributed by atoms with Crippen LogP contribution in [0.1, 0.15) is 19.3 Å². The molecule has 5 nitrogen and oxygen atoms in total. The number of nitrogens with zero attached hydrogens (tertiary/aromatic N) is 3. The number of thiazole rings is 2. The zero-order valence-corrected chi connectivity index (χ0v) is 12.9. The number of rotatable bonds is 3. The van der Waals surface area contributed by atoms with Crippen LogP contribution in [0.15, 0.2) is 16.3 Å². The molecule has 2 aromatic heterocycles. The number of aldehydes is 2. The summed E-state index contributed by atoms with van der Waals surface area (Å²) >= 11 is 5.83. The second kappa shape index (κ2) is 7.34. The molecule has 0 spiro atoms. The van der Waals surface area contributed by atoms with Crippen LogP contribution in [0.4, 0.5) is 5.13 Å². The summed E-state index contributed by atoms with van der Waals surface area (Å²) < 4.78 is 0.750. The minimum Gasteiger partial charge on any atom is -0.354 e. The molecule has 0 unspecified atom stereocenters. The molecular weight excluding hydrogens is 338 g/mol. The van der Waals surface area contributed by atoms with Crippen LogP contribution in [0.25, 0.3) is 0 Å². The Morgan fingerprint density at radius 2 is 1.67 bits per heavy atom. The van der Waals surface area contributed by atoms with Crippen molar-refractivity contribution in [3.63, 3.8) is 0 Å². The second-order valence-corrected chi connectivity index (χ2v) is 6.57. The first-order chi connectivity index (χ1) is 8.56. The Kier molecular flexibility index (Phi) is 6.10. The summed E-state index contributed by atoms with van der Waals surface area (Å²) in [6.45, 7) is 0. The molecule has 18 heavy (non-hydrogen) atoms. The van der Waals surface area contributed by atoms with Gasteiger partial charge in [0.2, 0.25) is 0 Å². The van der Waals surface area contributed by atoms with E-state index in [4.69, 9.17) is 0 Å². The van der Waals surface area contributed by atoms with Crippen LogP contribution in [0.2, 0.25) is 0 Å². The lowest BCUT2D eigenvalue weighted by Gasteiger charge is -2.04. The van der Waals surface area contributed by atoms with Crippen LogP contribution in [0.3, 0.4) is 0 Å². The molecule has 8 heteroatoms. The number of halogens is 1. The summed E-state index contributed by atoms with van der Waals surface area (Å²) in [7, 11) is 3.79. The van der Waals surface area contributed by atoms with Crippen LogP contribution in [-0.4, -0.2) is 36.6 Å². The van der Waals surface area contributed by atoms with Crippen LogP contribution in [0, 0.1) is 0 Å². The first kappa shape index (κ1) is 14.9. The molecule has 0 bridgehead atoms. The van der Waals surface area contributed by atoms with E-state index in [2.05, 4.69) is 25.9 Å². The smallest absolute Gasteiger partial charge is 0.185 e. The summed E-state index contributed by atoms with van der Waals surface area (Å²) in [6, 6.07) is 0. The molecule has 0 radical (unpaired) electrons. The Labute approximate surface area is 121 Å². The Morgan fingerprint density at radius 1 is 1.11 bits per heavy atom. The van der Waals surface area contributed by atoms with E-state index in [1.807, 2.05) is 19.0 Å². The molecule has 0 fully saturated rings. The van der Waals surface area contributed by atoms with Crippen molar-refractivity contribution in [1.29, 1.82) is 0 Å². The van der Waals surface area contributed by atoms with Gasteiger partial charge in [-0.25, -0.2) is 9.97 Å². The third-order valence-electron chi connectivity index (χ3n) is 1.62. The van der Waals surface area contributed by atoms with Crippen LogP contribution < -0.4 is 4.90 Å². The van der Waals surface area contributed by atoms with E-state index in [0.717, 1.165) is 21.6 Å². The number of anilines is 1. The van der Waals surface area contributed by atoms with Crippen molar-refractivity contribution in [2.45, 2.75) is 0 Å². The van der Waals surface area contributed by atoms with Crippen molar-refractivity contribution >= 4 is 56.3 Å². The van der Waals surface area contributed by atoms with Crippen molar-refractivity contribution in [3.8, 4) is 0 Å². The molecule has 96 valence electrons. The minimum absolute atomic E-state index is 0.650. The van der Waals surface area contributed by atoms with E-state index < -0.39 is 0 Å². The molecule has 0 aliphatic heterocycles. The third kappa shape index (κ3) is 4.63. The third-order valence-corrected chi connectivity index (χ3v) is 4.11. The fourth-order valence-corrected chi connectivity index (χ4v) is 2.63. The van der Waals surface area contributed by atoms with E-state index in [1.165, 1.54) is 28.9 Å². The first-order valence-electron chi connectivity index (χ1n) is 4.71. The molecular formula is C10H10BrN3O2S2. The Bertz CT molecular complexity index is 525. The summed E-state index contributed by atoms with van der Waals surface area (Å²) in [5.74, 6) is 0. The zero-order chi connectivity index (χ0) is 13.5. The number of hydrogen-bond acceptors (Lipinski definition) is 7. The predicted octanol–water partition coefficient (Wildman–Crippen LogP) is 2.74. The SMILES string of the molecule is CN(C)c1ncc(C=O)s1.O=Cc1cnc(Br)s1. The molecule has 0 aliphatic rings. The molecule has 0 saturated heterocycles. The maximum atomic E-state index is 10.2. The fourth-order valence-electron chi connectivity index (χ4n) is 0.857. The Balaban J connectivity index is 0.000000184. The van der Waals surface area contributed by atoms with Crippen molar-refractivity contribution in [2.75, 3.05) is 19.0 Å². The quantitative estimate of drug-likeness (QED) is 0.798. The van der Waals surface area contributed by atoms with Gasteiger partial charge in [-0.05, 0) is 15.9 Å². The van der Waals surface area contributed by atoms with Gasteiger partial charge >= 0.3 is 0 Å². The highest BCUT2D eigenvalue weighted by Gasteiger charge is 2.00. The topological polar surface area (TPSA) is 63.2 Å². The molecule has 0 saturated carbocycles. The zero-order valence-electron chi connectivity index (χ0n) is 9.66. The van der Waals surface area contributed by atoms with Gasteiger partial charge in [0.15, 0.2) is 21.6 Å². The lowest BCUT2D eigenvalue weighted by Crippen LogP contribution is -2.07. The Hall–Kier alpha value is -1.12.